The zero-order valence-corrected chi connectivity index (χ0v) is 15.2. The Morgan fingerprint density at radius 3 is 2.66 bits per heavy atom. The molecule has 0 unspecified atom stereocenters. The van der Waals surface area contributed by atoms with Gasteiger partial charge in [0.25, 0.3) is 5.91 Å². The summed E-state index contributed by atoms with van der Waals surface area (Å²) in [5.74, 6) is -1.26. The summed E-state index contributed by atoms with van der Waals surface area (Å²) >= 11 is 0. The average Bonchev–Trinajstić information content (AvgIpc) is 3.14. The van der Waals surface area contributed by atoms with Crippen molar-refractivity contribution in [2.75, 3.05) is 16.4 Å². The van der Waals surface area contributed by atoms with E-state index in [1.165, 1.54) is 18.2 Å². The first-order chi connectivity index (χ1) is 14.0. The average molecular weight is 393 g/mol. The van der Waals surface area contributed by atoms with E-state index in [9.17, 15) is 13.6 Å². The van der Waals surface area contributed by atoms with E-state index in [2.05, 4.69) is 10.6 Å². The molecule has 146 valence electrons. The minimum absolute atomic E-state index is 0.0647. The molecule has 29 heavy (non-hydrogen) atoms. The monoisotopic (exact) mass is 393 g/mol. The van der Waals surface area contributed by atoms with Crippen molar-refractivity contribution in [1.82, 2.24) is 0 Å². The molecule has 0 saturated heterocycles. The molecule has 3 aromatic carbocycles. The Morgan fingerprint density at radius 2 is 1.83 bits per heavy atom. The van der Waals surface area contributed by atoms with Crippen molar-refractivity contribution in [2.24, 2.45) is 0 Å². The van der Waals surface area contributed by atoms with Crippen LogP contribution in [0.15, 0.2) is 71.1 Å². The van der Waals surface area contributed by atoms with Crippen LogP contribution in [-0.4, -0.2) is 5.91 Å². The van der Waals surface area contributed by atoms with Gasteiger partial charge in [-0.25, -0.2) is 8.78 Å². The highest BCUT2D eigenvalue weighted by Crippen LogP contribution is 2.25. The van der Waals surface area contributed by atoms with E-state index in [4.69, 9.17) is 10.2 Å². The third kappa shape index (κ3) is 4.03. The molecule has 0 radical (unpaired) electrons. The molecule has 4 rings (SSSR count). The van der Waals surface area contributed by atoms with E-state index >= 15 is 0 Å². The number of hydrogen-bond donors (Lipinski definition) is 3. The summed E-state index contributed by atoms with van der Waals surface area (Å²) in [5.41, 5.74) is 7.98. The van der Waals surface area contributed by atoms with E-state index in [-0.39, 0.29) is 23.0 Å². The first kappa shape index (κ1) is 18.5. The lowest BCUT2D eigenvalue weighted by Crippen LogP contribution is -2.12. The second-order valence-electron chi connectivity index (χ2n) is 6.49. The summed E-state index contributed by atoms with van der Waals surface area (Å²) in [6.07, 6.45) is 0. The first-order valence-electron chi connectivity index (χ1n) is 8.87. The van der Waals surface area contributed by atoms with Crippen LogP contribution in [0.4, 0.5) is 25.8 Å². The highest BCUT2D eigenvalue weighted by molar-refractivity contribution is 6.06. The lowest BCUT2D eigenvalue weighted by Gasteiger charge is -2.07. The maximum atomic E-state index is 13.7. The molecule has 1 aromatic heterocycles. The van der Waals surface area contributed by atoms with Crippen LogP contribution >= 0.6 is 0 Å². The second-order valence-corrected chi connectivity index (χ2v) is 6.49. The van der Waals surface area contributed by atoms with Gasteiger partial charge in [0.1, 0.15) is 17.2 Å². The number of amides is 1. The summed E-state index contributed by atoms with van der Waals surface area (Å²) in [7, 11) is 0. The van der Waals surface area contributed by atoms with Crippen LogP contribution in [0, 0.1) is 11.6 Å². The number of nitrogens with one attached hydrogen (secondary N) is 2. The predicted molar refractivity (Wildman–Crippen MR) is 109 cm³/mol. The Balaban J connectivity index is 1.51. The van der Waals surface area contributed by atoms with Gasteiger partial charge in [0.05, 0.1) is 11.4 Å². The SMILES string of the molecule is Nc1ccc(F)cc1NC(=O)c1cc2cc(NCc3ccccc3F)ccc2o1. The number of rotatable bonds is 5. The zero-order chi connectivity index (χ0) is 20.4. The van der Waals surface area contributed by atoms with E-state index in [1.807, 2.05) is 0 Å². The summed E-state index contributed by atoms with van der Waals surface area (Å²) in [6, 6.07) is 17.1. The fourth-order valence-corrected chi connectivity index (χ4v) is 2.92. The Labute approximate surface area is 165 Å². The minimum Gasteiger partial charge on any atom is -0.451 e. The molecule has 1 heterocycles. The topological polar surface area (TPSA) is 80.3 Å². The van der Waals surface area contributed by atoms with Crippen LogP contribution in [0.5, 0.6) is 0 Å². The van der Waals surface area contributed by atoms with Crippen molar-refractivity contribution in [3.05, 3.63) is 89.7 Å². The third-order valence-corrected chi connectivity index (χ3v) is 4.44. The molecule has 5 nitrogen and oxygen atoms in total. The normalized spacial score (nSPS) is 10.8. The molecule has 0 aliphatic carbocycles. The molecule has 7 heteroatoms. The van der Waals surface area contributed by atoms with Crippen LogP contribution in [-0.2, 0) is 6.54 Å². The zero-order valence-electron chi connectivity index (χ0n) is 15.2. The molecule has 1 amide bonds. The van der Waals surface area contributed by atoms with Gasteiger partial charge in [-0.1, -0.05) is 18.2 Å². The van der Waals surface area contributed by atoms with Gasteiger partial charge in [0, 0.05) is 23.2 Å². The van der Waals surface area contributed by atoms with Crippen LogP contribution in [0.25, 0.3) is 11.0 Å². The molecule has 4 N–H and O–H groups in total. The van der Waals surface area contributed by atoms with E-state index in [0.29, 0.717) is 23.1 Å². The summed E-state index contributed by atoms with van der Waals surface area (Å²) in [4.78, 5) is 12.4. The quantitative estimate of drug-likeness (QED) is 0.409. The molecular weight excluding hydrogens is 376 g/mol. The van der Waals surface area contributed by atoms with Gasteiger partial charge >= 0.3 is 0 Å². The fraction of sp³-hybridized carbons (Fsp3) is 0.0455. The Morgan fingerprint density at radius 1 is 1.00 bits per heavy atom. The number of hydrogen-bond acceptors (Lipinski definition) is 4. The first-order valence-corrected chi connectivity index (χ1v) is 8.87. The van der Waals surface area contributed by atoms with Crippen LogP contribution < -0.4 is 16.4 Å². The number of fused-ring (bicyclic) bond motifs is 1. The standard InChI is InChI=1S/C22H17F2N3O2/c23-15-5-7-18(25)19(11-15)27-22(28)21-10-14-9-16(6-8-20(14)29-21)26-12-13-3-1-2-4-17(13)24/h1-11,26H,12,25H2,(H,27,28). The van der Waals surface area contributed by atoms with E-state index in [1.54, 1.807) is 42.5 Å². The third-order valence-electron chi connectivity index (χ3n) is 4.44. The van der Waals surface area contributed by atoms with Crippen molar-refractivity contribution < 1.29 is 18.0 Å². The van der Waals surface area contributed by atoms with Crippen molar-refractivity contribution in [3.63, 3.8) is 0 Å². The van der Waals surface area contributed by atoms with Gasteiger partial charge < -0.3 is 20.8 Å². The Hall–Kier alpha value is -3.87. The van der Waals surface area contributed by atoms with Crippen molar-refractivity contribution in [3.8, 4) is 0 Å². The fourth-order valence-electron chi connectivity index (χ4n) is 2.92. The smallest absolute Gasteiger partial charge is 0.291 e. The van der Waals surface area contributed by atoms with Gasteiger partial charge in [-0.2, -0.15) is 0 Å². The molecule has 0 saturated carbocycles. The number of benzene rings is 3. The van der Waals surface area contributed by atoms with Crippen molar-refractivity contribution >= 4 is 33.9 Å². The van der Waals surface area contributed by atoms with Gasteiger partial charge in [-0.3, -0.25) is 4.79 Å². The maximum absolute atomic E-state index is 13.7. The highest BCUT2D eigenvalue weighted by atomic mass is 19.1. The van der Waals surface area contributed by atoms with Crippen molar-refractivity contribution in [1.29, 1.82) is 0 Å². The summed E-state index contributed by atoms with van der Waals surface area (Å²) < 4.78 is 32.7. The van der Waals surface area contributed by atoms with Crippen molar-refractivity contribution in [2.45, 2.75) is 6.54 Å². The number of anilines is 3. The second kappa shape index (κ2) is 7.63. The molecule has 0 bridgehead atoms. The lowest BCUT2D eigenvalue weighted by molar-refractivity contribution is 0.0998. The van der Waals surface area contributed by atoms with Gasteiger partial charge in [-0.15, -0.1) is 0 Å². The highest BCUT2D eigenvalue weighted by Gasteiger charge is 2.14. The van der Waals surface area contributed by atoms with E-state index < -0.39 is 11.7 Å². The molecule has 0 atom stereocenters. The Bertz CT molecular complexity index is 1200. The molecule has 0 aliphatic rings. The maximum Gasteiger partial charge on any atom is 0.291 e. The molecule has 0 aliphatic heterocycles. The van der Waals surface area contributed by atoms with Crippen LogP contribution in [0.2, 0.25) is 0 Å². The van der Waals surface area contributed by atoms with E-state index in [0.717, 1.165) is 11.8 Å². The number of furan rings is 1. The van der Waals surface area contributed by atoms with Crippen LogP contribution in [0.1, 0.15) is 16.1 Å². The van der Waals surface area contributed by atoms with Gasteiger partial charge in [0.15, 0.2) is 5.76 Å². The van der Waals surface area contributed by atoms with Crippen LogP contribution in [0.3, 0.4) is 0 Å². The number of carbonyl (C=O) groups excluding carboxylic acids is 1. The molecule has 4 aromatic rings. The molecule has 0 fully saturated rings. The summed E-state index contributed by atoms with van der Waals surface area (Å²) in [5, 5.41) is 6.38. The summed E-state index contributed by atoms with van der Waals surface area (Å²) in [6.45, 7) is 0.322. The number of nitrogen functional groups attached to an aromatic ring is 1. The number of halogens is 2. The predicted octanol–water partition coefficient (Wildman–Crippen LogP) is 5.16. The van der Waals surface area contributed by atoms with Gasteiger partial charge in [-0.05, 0) is 48.5 Å². The molecule has 0 spiro atoms. The largest absolute Gasteiger partial charge is 0.451 e. The number of carbonyl (C=O) groups is 1. The molecular formula is C22H17F2N3O2. The van der Waals surface area contributed by atoms with Gasteiger partial charge in [0.2, 0.25) is 0 Å². The Kier molecular flexibility index (Phi) is 4.87. The number of nitrogens with two attached hydrogens (primary N) is 1. The minimum atomic E-state index is -0.542. The lowest BCUT2D eigenvalue weighted by atomic mass is 10.2.